The van der Waals surface area contributed by atoms with Gasteiger partial charge >= 0.3 is 5.76 Å². The van der Waals surface area contributed by atoms with Crippen molar-refractivity contribution in [1.82, 2.24) is 9.47 Å². The number of benzene rings is 2. The lowest BCUT2D eigenvalue weighted by Crippen LogP contribution is -2.44. The topological polar surface area (TPSA) is 114 Å². The normalized spacial score (nSPS) is 18.2. The van der Waals surface area contributed by atoms with Crippen molar-refractivity contribution in [1.29, 1.82) is 5.26 Å². The molecule has 1 amide bonds. The summed E-state index contributed by atoms with van der Waals surface area (Å²) in [6.07, 6.45) is 0.600. The summed E-state index contributed by atoms with van der Waals surface area (Å²) in [7, 11) is 1.69. The van der Waals surface area contributed by atoms with Crippen LogP contribution in [0.4, 0.5) is 0 Å². The van der Waals surface area contributed by atoms with Gasteiger partial charge < -0.3 is 14.9 Å². The van der Waals surface area contributed by atoms with Gasteiger partial charge in [-0.1, -0.05) is 24.3 Å². The van der Waals surface area contributed by atoms with Crippen molar-refractivity contribution in [2.45, 2.75) is 31.9 Å². The van der Waals surface area contributed by atoms with Crippen molar-refractivity contribution in [3.05, 3.63) is 58.1 Å². The summed E-state index contributed by atoms with van der Waals surface area (Å²) in [6, 6.07) is 14.0. The van der Waals surface area contributed by atoms with Gasteiger partial charge in [0.25, 0.3) is 0 Å². The minimum absolute atomic E-state index is 0.328. The molecule has 1 fully saturated rings. The molecule has 32 heavy (non-hydrogen) atoms. The molecule has 0 unspecified atom stereocenters. The van der Waals surface area contributed by atoms with Crippen LogP contribution in [-0.4, -0.2) is 47.2 Å². The molecule has 4 rings (SSSR count). The van der Waals surface area contributed by atoms with Crippen molar-refractivity contribution < 1.29 is 13.9 Å². The molecule has 2 atom stereocenters. The molecule has 0 aliphatic carbocycles. The fraction of sp³-hybridized carbons (Fsp3) is 0.375. The molecule has 0 saturated carbocycles. The van der Waals surface area contributed by atoms with Crippen LogP contribution in [0, 0.1) is 18.3 Å². The zero-order valence-electron chi connectivity index (χ0n) is 18.2. The van der Waals surface area contributed by atoms with Gasteiger partial charge in [0.05, 0.1) is 11.6 Å². The Labute approximate surface area is 185 Å². The Hall–Kier alpha value is -3.41. The van der Waals surface area contributed by atoms with Crippen LogP contribution in [0.15, 0.2) is 45.6 Å². The number of nitrogens with two attached hydrogens (primary N) is 1. The molecule has 1 saturated heterocycles. The van der Waals surface area contributed by atoms with E-state index in [1.54, 1.807) is 7.05 Å². The molecule has 1 aliphatic heterocycles. The van der Waals surface area contributed by atoms with Gasteiger partial charge in [0.2, 0.25) is 5.91 Å². The van der Waals surface area contributed by atoms with E-state index in [-0.39, 0.29) is 11.8 Å². The van der Waals surface area contributed by atoms with Gasteiger partial charge in [-0.25, -0.2) is 4.79 Å². The summed E-state index contributed by atoms with van der Waals surface area (Å²) in [5.41, 5.74) is 10.7. The second-order valence-corrected chi connectivity index (χ2v) is 8.22. The highest BCUT2D eigenvalue weighted by atomic mass is 16.5. The molecule has 8 nitrogen and oxygen atoms in total. The third kappa shape index (κ3) is 4.31. The molecule has 2 N–H and O–H groups in total. The number of oxazole rings is 1. The van der Waals surface area contributed by atoms with Gasteiger partial charge in [-0.15, -0.1) is 0 Å². The van der Waals surface area contributed by atoms with Crippen LogP contribution in [0.2, 0.25) is 0 Å². The number of hydrogen-bond donors (Lipinski definition) is 1. The molecule has 0 spiro atoms. The number of aromatic nitrogens is 1. The first-order valence-electron chi connectivity index (χ1n) is 10.6. The zero-order valence-corrected chi connectivity index (χ0v) is 18.2. The summed E-state index contributed by atoms with van der Waals surface area (Å²) >= 11 is 0. The van der Waals surface area contributed by atoms with Gasteiger partial charge in [0.1, 0.15) is 12.1 Å². The lowest BCUT2D eigenvalue weighted by Gasteiger charge is -2.27. The smallest absolute Gasteiger partial charge is 0.407 e. The number of hydrogen-bond acceptors (Lipinski definition) is 6. The molecule has 8 heteroatoms. The molecule has 3 aromatic rings. The predicted molar refractivity (Wildman–Crippen MR) is 120 cm³/mol. The Morgan fingerprint density at radius 2 is 2.03 bits per heavy atom. The van der Waals surface area contributed by atoms with Crippen molar-refractivity contribution in [2.75, 3.05) is 19.7 Å². The predicted octanol–water partition coefficient (Wildman–Crippen LogP) is 2.12. The van der Waals surface area contributed by atoms with Crippen molar-refractivity contribution in [2.24, 2.45) is 12.8 Å². The van der Waals surface area contributed by atoms with E-state index >= 15 is 0 Å². The minimum Gasteiger partial charge on any atom is -0.407 e. The molecule has 0 bridgehead atoms. The summed E-state index contributed by atoms with van der Waals surface area (Å²) in [5.74, 6) is -0.879. The van der Waals surface area contributed by atoms with E-state index in [1.807, 2.05) is 48.2 Å². The maximum absolute atomic E-state index is 11.9. The minimum atomic E-state index is -0.687. The molecular weight excluding hydrogens is 408 g/mol. The first kappa shape index (κ1) is 21.8. The number of ether oxygens (including phenoxy) is 1. The van der Waals surface area contributed by atoms with Crippen LogP contribution in [0.1, 0.15) is 17.5 Å². The number of primary amides is 1. The average molecular weight is 434 g/mol. The third-order valence-corrected chi connectivity index (χ3v) is 6.01. The molecule has 1 aromatic heterocycles. The summed E-state index contributed by atoms with van der Waals surface area (Å²) in [5, 5.41) is 9.76. The second kappa shape index (κ2) is 8.99. The molecule has 2 aromatic carbocycles. The van der Waals surface area contributed by atoms with Crippen LogP contribution in [-0.2, 0) is 23.0 Å². The molecule has 166 valence electrons. The number of fused-ring (bicyclic) bond motifs is 1. The Balaban J connectivity index is 1.54. The molecule has 0 radical (unpaired) electrons. The lowest BCUT2D eigenvalue weighted by molar-refractivity contribution is -0.129. The van der Waals surface area contributed by atoms with Crippen LogP contribution in [0.3, 0.4) is 0 Å². The fourth-order valence-corrected chi connectivity index (χ4v) is 4.18. The zero-order chi connectivity index (χ0) is 22.8. The summed E-state index contributed by atoms with van der Waals surface area (Å²) in [4.78, 5) is 25.4. The van der Waals surface area contributed by atoms with E-state index in [2.05, 4.69) is 6.07 Å². The second-order valence-electron chi connectivity index (χ2n) is 8.22. The van der Waals surface area contributed by atoms with Crippen molar-refractivity contribution in [3.63, 3.8) is 0 Å². The standard InChI is InChI=1S/C24H26N4O4/c1-15-10-18(12-20-22(15)32-24(30)27(20)2)17-6-4-16(5-7-17)11-19(13-25)28-8-3-9-31-21(14-28)23(26)29/h4-7,10,12,19,21H,3,8-9,11,14H2,1-2H3,(H2,26,29)/t19-,21-/m0/s1. The van der Waals surface area contributed by atoms with Crippen LogP contribution in [0.5, 0.6) is 0 Å². The van der Waals surface area contributed by atoms with Crippen LogP contribution >= 0.6 is 0 Å². The van der Waals surface area contributed by atoms with Gasteiger partial charge in [-0.05, 0) is 47.7 Å². The first-order chi connectivity index (χ1) is 15.4. The lowest BCUT2D eigenvalue weighted by atomic mass is 9.98. The Morgan fingerprint density at radius 1 is 1.28 bits per heavy atom. The highest BCUT2D eigenvalue weighted by Gasteiger charge is 2.28. The van der Waals surface area contributed by atoms with Gasteiger partial charge in [-0.2, -0.15) is 5.26 Å². The number of rotatable bonds is 5. The van der Waals surface area contributed by atoms with E-state index in [0.29, 0.717) is 31.7 Å². The number of nitriles is 1. The Bertz CT molecular complexity index is 1240. The first-order valence-corrected chi connectivity index (χ1v) is 10.6. The Morgan fingerprint density at radius 3 is 2.72 bits per heavy atom. The van der Waals surface area contributed by atoms with Crippen molar-refractivity contribution >= 4 is 17.0 Å². The monoisotopic (exact) mass is 434 g/mol. The maximum Gasteiger partial charge on any atom is 0.419 e. The van der Waals surface area contributed by atoms with E-state index in [4.69, 9.17) is 14.9 Å². The van der Waals surface area contributed by atoms with E-state index in [1.165, 1.54) is 4.57 Å². The summed E-state index contributed by atoms with van der Waals surface area (Å²) in [6.45, 7) is 3.39. The number of amides is 1. The molecular formula is C24H26N4O4. The maximum atomic E-state index is 11.9. The fourth-order valence-electron chi connectivity index (χ4n) is 4.18. The number of carbonyl (C=O) groups is 1. The van der Waals surface area contributed by atoms with Crippen LogP contribution in [0.25, 0.3) is 22.2 Å². The van der Waals surface area contributed by atoms with E-state index < -0.39 is 12.0 Å². The van der Waals surface area contributed by atoms with E-state index in [0.717, 1.165) is 34.2 Å². The largest absolute Gasteiger partial charge is 0.419 e. The molecule has 2 heterocycles. The van der Waals surface area contributed by atoms with Crippen LogP contribution < -0.4 is 11.5 Å². The Kier molecular flexibility index (Phi) is 6.12. The van der Waals surface area contributed by atoms with E-state index in [9.17, 15) is 14.9 Å². The molecule has 1 aliphatic rings. The van der Waals surface area contributed by atoms with Gasteiger partial charge in [0, 0.05) is 33.2 Å². The van der Waals surface area contributed by atoms with Crippen molar-refractivity contribution in [3.8, 4) is 17.2 Å². The van der Waals surface area contributed by atoms with Gasteiger partial charge in [0.15, 0.2) is 5.58 Å². The number of carbonyl (C=O) groups excluding carboxylic acids is 1. The van der Waals surface area contributed by atoms with Gasteiger partial charge in [-0.3, -0.25) is 14.3 Å². The number of aryl methyl sites for hydroxylation is 2. The highest BCUT2D eigenvalue weighted by molar-refractivity contribution is 5.83. The quantitative estimate of drug-likeness (QED) is 0.658. The number of nitrogens with zero attached hydrogens (tertiary/aromatic N) is 3. The third-order valence-electron chi connectivity index (χ3n) is 6.01. The summed E-state index contributed by atoms with van der Waals surface area (Å²) < 4.78 is 12.3. The highest BCUT2D eigenvalue weighted by Crippen LogP contribution is 2.27. The SMILES string of the molecule is Cc1cc(-c2ccc(C[C@@H](C#N)N3CCCO[C@H](C(N)=O)C3)cc2)cc2c1oc(=O)n2C. The average Bonchev–Trinajstić information content (AvgIpc) is 2.96.